The summed E-state index contributed by atoms with van der Waals surface area (Å²) in [7, 11) is 2.92. The molecule has 6 heteroatoms. The van der Waals surface area contributed by atoms with Crippen molar-refractivity contribution in [2.24, 2.45) is 0 Å². The Balaban J connectivity index is 2.11. The number of benzene rings is 1. The maximum absolute atomic E-state index is 12.5. The van der Waals surface area contributed by atoms with E-state index in [0.29, 0.717) is 6.54 Å². The third-order valence-electron chi connectivity index (χ3n) is 3.37. The lowest BCUT2D eigenvalue weighted by Gasteiger charge is -2.21. The van der Waals surface area contributed by atoms with Gasteiger partial charge in [-0.25, -0.2) is 0 Å². The number of furan rings is 1. The van der Waals surface area contributed by atoms with Crippen molar-refractivity contribution in [2.45, 2.75) is 13.0 Å². The summed E-state index contributed by atoms with van der Waals surface area (Å²) in [5.74, 6) is 0.349. The van der Waals surface area contributed by atoms with E-state index in [1.165, 1.54) is 13.4 Å². The van der Waals surface area contributed by atoms with Crippen molar-refractivity contribution in [1.82, 2.24) is 4.90 Å². The maximum atomic E-state index is 12.5. The molecule has 0 unspecified atom stereocenters. The Morgan fingerprint density at radius 2 is 1.87 bits per heavy atom. The average Bonchev–Trinajstić information content (AvgIpc) is 3.12. The van der Waals surface area contributed by atoms with E-state index in [1.54, 1.807) is 24.1 Å². The van der Waals surface area contributed by atoms with Crippen LogP contribution < -0.4 is 4.74 Å². The Labute approximate surface area is 134 Å². The predicted molar refractivity (Wildman–Crippen MR) is 83.1 cm³/mol. The number of esters is 1. The predicted octanol–water partition coefficient (Wildman–Crippen LogP) is 2.49. The normalized spacial score (nSPS) is 10.2. The zero-order valence-electron chi connectivity index (χ0n) is 13.2. The maximum Gasteiger partial charge on any atom is 0.307 e. The molecular weight excluding hydrogens is 298 g/mol. The van der Waals surface area contributed by atoms with Crippen molar-refractivity contribution < 1.29 is 23.5 Å². The summed E-state index contributed by atoms with van der Waals surface area (Å²) in [5.41, 5.74) is 0.926. The lowest BCUT2D eigenvalue weighted by atomic mass is 10.2. The molecule has 0 aliphatic heterocycles. The second-order valence-corrected chi connectivity index (χ2v) is 4.88. The Hall–Kier alpha value is -2.76. The van der Waals surface area contributed by atoms with Gasteiger partial charge in [-0.15, -0.1) is 0 Å². The van der Waals surface area contributed by atoms with Gasteiger partial charge in [0.05, 0.1) is 26.9 Å². The van der Waals surface area contributed by atoms with E-state index >= 15 is 0 Å². The van der Waals surface area contributed by atoms with Crippen LogP contribution in [0, 0.1) is 0 Å². The topological polar surface area (TPSA) is 69.0 Å². The lowest BCUT2D eigenvalue weighted by molar-refractivity contribution is -0.140. The number of amides is 1. The van der Waals surface area contributed by atoms with Gasteiger partial charge in [0.2, 0.25) is 0 Å². The van der Waals surface area contributed by atoms with E-state index < -0.39 is 0 Å². The molecule has 0 aliphatic rings. The molecule has 23 heavy (non-hydrogen) atoms. The van der Waals surface area contributed by atoms with Crippen molar-refractivity contribution in [3.8, 4) is 5.75 Å². The Morgan fingerprint density at radius 3 is 2.43 bits per heavy atom. The molecule has 0 N–H and O–H groups in total. The molecule has 1 aromatic carbocycles. The lowest BCUT2D eigenvalue weighted by Crippen LogP contribution is -2.32. The van der Waals surface area contributed by atoms with Crippen molar-refractivity contribution in [3.63, 3.8) is 0 Å². The Bertz CT molecular complexity index is 634. The molecule has 0 atom stereocenters. The van der Waals surface area contributed by atoms with Gasteiger partial charge in [0.25, 0.3) is 5.91 Å². The molecule has 6 nitrogen and oxygen atoms in total. The van der Waals surface area contributed by atoms with Gasteiger partial charge in [0.15, 0.2) is 5.76 Å². The van der Waals surface area contributed by atoms with Gasteiger partial charge >= 0.3 is 5.97 Å². The SMILES string of the molecule is COC(=O)CCN(Cc1ccc(OC)cc1)C(=O)c1ccco1. The quantitative estimate of drug-likeness (QED) is 0.734. The van der Waals surface area contributed by atoms with Gasteiger partial charge in [0, 0.05) is 13.1 Å². The van der Waals surface area contributed by atoms with Crippen LogP contribution >= 0.6 is 0 Å². The third kappa shape index (κ3) is 4.60. The number of carbonyl (C=O) groups excluding carboxylic acids is 2. The Kier molecular flexibility index (Phi) is 5.80. The van der Waals surface area contributed by atoms with Crippen LogP contribution in [0.5, 0.6) is 5.75 Å². The van der Waals surface area contributed by atoms with Gasteiger partial charge in [-0.05, 0) is 29.8 Å². The van der Waals surface area contributed by atoms with Crippen LogP contribution in [-0.4, -0.2) is 37.5 Å². The molecule has 0 radical (unpaired) electrons. The largest absolute Gasteiger partial charge is 0.497 e. The van der Waals surface area contributed by atoms with Crippen LogP contribution in [0.25, 0.3) is 0 Å². The molecule has 2 aromatic rings. The van der Waals surface area contributed by atoms with Crippen LogP contribution in [0.15, 0.2) is 47.1 Å². The molecule has 0 saturated heterocycles. The highest BCUT2D eigenvalue weighted by Crippen LogP contribution is 2.15. The standard InChI is InChI=1S/C17H19NO5/c1-21-14-7-5-13(6-8-14)12-18(10-9-16(19)22-2)17(20)15-4-3-11-23-15/h3-8,11H,9-10,12H2,1-2H3. The molecule has 122 valence electrons. The second-order valence-electron chi connectivity index (χ2n) is 4.88. The van der Waals surface area contributed by atoms with E-state index in [4.69, 9.17) is 9.15 Å². The fourth-order valence-corrected chi connectivity index (χ4v) is 2.09. The molecule has 1 heterocycles. The first-order valence-electron chi connectivity index (χ1n) is 7.16. The summed E-state index contributed by atoms with van der Waals surface area (Å²) in [6.45, 7) is 0.610. The van der Waals surface area contributed by atoms with Crippen LogP contribution in [0.3, 0.4) is 0 Å². The highest BCUT2D eigenvalue weighted by atomic mass is 16.5. The summed E-state index contributed by atoms with van der Waals surface area (Å²) < 4.78 is 14.9. The minimum Gasteiger partial charge on any atom is -0.497 e. The van der Waals surface area contributed by atoms with Gasteiger partial charge in [-0.3, -0.25) is 9.59 Å². The van der Waals surface area contributed by atoms with Gasteiger partial charge in [-0.2, -0.15) is 0 Å². The van der Waals surface area contributed by atoms with Gasteiger partial charge in [0.1, 0.15) is 5.75 Å². The second kappa shape index (κ2) is 8.03. The molecule has 0 bridgehead atoms. The van der Waals surface area contributed by atoms with Crippen molar-refractivity contribution in [2.75, 3.05) is 20.8 Å². The van der Waals surface area contributed by atoms with Crippen molar-refractivity contribution in [3.05, 3.63) is 54.0 Å². The minimum atomic E-state index is -0.364. The summed E-state index contributed by atoms with van der Waals surface area (Å²) in [4.78, 5) is 25.4. The number of rotatable bonds is 7. The summed E-state index contributed by atoms with van der Waals surface area (Å²) >= 11 is 0. The van der Waals surface area contributed by atoms with Crippen LogP contribution in [0.2, 0.25) is 0 Å². The first kappa shape index (κ1) is 16.6. The molecule has 1 aromatic heterocycles. The first-order valence-corrected chi connectivity index (χ1v) is 7.16. The number of methoxy groups -OCH3 is 2. The van der Waals surface area contributed by atoms with Crippen LogP contribution in [0.1, 0.15) is 22.5 Å². The van der Waals surface area contributed by atoms with E-state index in [2.05, 4.69) is 4.74 Å². The fourth-order valence-electron chi connectivity index (χ4n) is 2.09. The summed E-state index contributed by atoms with van der Waals surface area (Å²) in [6.07, 6.45) is 1.57. The zero-order valence-corrected chi connectivity index (χ0v) is 13.2. The minimum absolute atomic E-state index is 0.124. The first-order chi connectivity index (χ1) is 11.1. The third-order valence-corrected chi connectivity index (χ3v) is 3.37. The van der Waals surface area contributed by atoms with Crippen molar-refractivity contribution in [1.29, 1.82) is 0 Å². The monoisotopic (exact) mass is 317 g/mol. The summed E-state index contributed by atoms with van der Waals surface area (Å²) in [6, 6.07) is 10.6. The number of nitrogens with zero attached hydrogens (tertiary/aromatic N) is 1. The molecular formula is C17H19NO5. The van der Waals surface area contributed by atoms with Crippen LogP contribution in [-0.2, 0) is 16.1 Å². The Morgan fingerprint density at radius 1 is 1.13 bits per heavy atom. The van der Waals surface area contributed by atoms with E-state index in [9.17, 15) is 9.59 Å². The smallest absolute Gasteiger partial charge is 0.307 e. The molecule has 1 amide bonds. The molecule has 0 fully saturated rings. The van der Waals surface area contributed by atoms with E-state index in [1.807, 2.05) is 24.3 Å². The van der Waals surface area contributed by atoms with Gasteiger partial charge in [-0.1, -0.05) is 12.1 Å². The zero-order chi connectivity index (χ0) is 16.7. The fraction of sp³-hybridized carbons (Fsp3) is 0.294. The number of ether oxygens (including phenoxy) is 2. The molecule has 2 rings (SSSR count). The highest BCUT2D eigenvalue weighted by Gasteiger charge is 2.19. The van der Waals surface area contributed by atoms with E-state index in [-0.39, 0.29) is 30.6 Å². The molecule has 0 spiro atoms. The number of hydrogen-bond donors (Lipinski definition) is 0. The van der Waals surface area contributed by atoms with E-state index in [0.717, 1.165) is 11.3 Å². The highest BCUT2D eigenvalue weighted by molar-refractivity contribution is 5.91. The number of hydrogen-bond acceptors (Lipinski definition) is 5. The molecule has 0 aliphatic carbocycles. The van der Waals surface area contributed by atoms with Crippen molar-refractivity contribution >= 4 is 11.9 Å². The summed E-state index contributed by atoms with van der Waals surface area (Å²) in [5, 5.41) is 0. The van der Waals surface area contributed by atoms with Gasteiger partial charge < -0.3 is 18.8 Å². The number of carbonyl (C=O) groups is 2. The average molecular weight is 317 g/mol. The van der Waals surface area contributed by atoms with Crippen LogP contribution in [0.4, 0.5) is 0 Å². The molecule has 0 saturated carbocycles.